The molecule has 0 unspecified atom stereocenters. The van der Waals surface area contributed by atoms with Crippen LogP contribution in [0.5, 0.6) is 0 Å². The van der Waals surface area contributed by atoms with Gasteiger partial charge in [-0.05, 0) is 13.0 Å². The van der Waals surface area contributed by atoms with E-state index in [1.807, 2.05) is 6.07 Å². The van der Waals surface area contributed by atoms with Crippen molar-refractivity contribution in [2.45, 2.75) is 6.92 Å². The number of aryl methyl sites for hydroxylation is 1. The fraction of sp³-hybridized carbons (Fsp3) is 0.0714. The number of anilines is 1. The zero-order chi connectivity index (χ0) is 14.7. The van der Waals surface area contributed by atoms with Gasteiger partial charge in [-0.25, -0.2) is 0 Å². The number of nitriles is 2. The Morgan fingerprint density at radius 1 is 1.20 bits per heavy atom. The van der Waals surface area contributed by atoms with Gasteiger partial charge in [0.2, 0.25) is 0 Å². The first-order valence-corrected chi connectivity index (χ1v) is 6.11. The molecule has 0 aliphatic rings. The number of hydrogen-bond donors (Lipinski definition) is 3. The van der Waals surface area contributed by atoms with Gasteiger partial charge in [0, 0.05) is 16.8 Å². The number of pyridine rings is 1. The molecule has 1 aromatic carbocycles. The maximum absolute atomic E-state index is 9.34. The Kier molecular flexibility index (Phi) is 3.81. The number of nitrogens with zero attached hydrogens (tertiary/aromatic N) is 2. The number of rotatable bonds is 2. The minimum absolute atomic E-state index is 0.213. The number of nitrogens with one attached hydrogen (secondary N) is 2. The highest BCUT2D eigenvalue weighted by Gasteiger charge is 2.18. The minimum atomic E-state index is 0.213. The second-order valence-electron chi connectivity index (χ2n) is 4.09. The van der Waals surface area contributed by atoms with Crippen LogP contribution in [0.25, 0.3) is 11.1 Å². The summed E-state index contributed by atoms with van der Waals surface area (Å²) in [5, 5.41) is 27.8. The van der Waals surface area contributed by atoms with E-state index in [2.05, 4.69) is 16.5 Å². The Labute approximate surface area is 120 Å². The zero-order valence-corrected chi connectivity index (χ0v) is 11.4. The molecule has 1 heterocycles. The molecule has 98 valence electrons. The Morgan fingerprint density at radius 2 is 1.85 bits per heavy atom. The summed E-state index contributed by atoms with van der Waals surface area (Å²) in [7, 11) is 0. The first-order chi connectivity index (χ1) is 9.63. The predicted octanol–water partition coefficient (Wildman–Crippen LogP) is 3.26. The van der Waals surface area contributed by atoms with E-state index in [1.165, 1.54) is 0 Å². The van der Waals surface area contributed by atoms with Crippen LogP contribution in [0.3, 0.4) is 0 Å². The van der Waals surface area contributed by atoms with Crippen molar-refractivity contribution in [1.82, 2.24) is 4.98 Å². The molecule has 3 N–H and O–H groups in total. The van der Waals surface area contributed by atoms with Gasteiger partial charge in [-0.15, -0.1) is 0 Å². The van der Waals surface area contributed by atoms with Crippen molar-refractivity contribution in [3.05, 3.63) is 45.7 Å². The summed E-state index contributed by atoms with van der Waals surface area (Å²) in [5.41, 5.74) is 4.57. The molecular formula is C14H10N4OS. The third-order valence-corrected chi connectivity index (χ3v) is 3.25. The molecule has 0 atom stereocenters. The van der Waals surface area contributed by atoms with Crippen LogP contribution < -0.4 is 5.48 Å². The van der Waals surface area contributed by atoms with E-state index in [9.17, 15) is 15.7 Å². The lowest BCUT2D eigenvalue weighted by atomic mass is 9.94. The van der Waals surface area contributed by atoms with Crippen molar-refractivity contribution >= 4 is 17.9 Å². The summed E-state index contributed by atoms with van der Waals surface area (Å²) in [5.74, 6) is 0. The Morgan fingerprint density at radius 3 is 2.45 bits per heavy atom. The molecule has 0 amide bonds. The lowest BCUT2D eigenvalue weighted by Crippen LogP contribution is -2.01. The van der Waals surface area contributed by atoms with Gasteiger partial charge >= 0.3 is 0 Å². The van der Waals surface area contributed by atoms with Gasteiger partial charge in [0.1, 0.15) is 16.8 Å². The summed E-state index contributed by atoms with van der Waals surface area (Å²) in [6.45, 7) is 1.72. The van der Waals surface area contributed by atoms with Crippen LogP contribution in [-0.4, -0.2) is 10.2 Å². The summed E-state index contributed by atoms with van der Waals surface area (Å²) in [6, 6.07) is 10.9. The molecule has 2 rings (SSSR count). The molecule has 0 saturated carbocycles. The van der Waals surface area contributed by atoms with Gasteiger partial charge in [-0.1, -0.05) is 30.4 Å². The highest BCUT2D eigenvalue weighted by atomic mass is 32.1. The molecule has 1 aromatic heterocycles. The third kappa shape index (κ3) is 2.14. The molecule has 0 spiro atoms. The summed E-state index contributed by atoms with van der Waals surface area (Å²) < 4.78 is 0.270. The van der Waals surface area contributed by atoms with Crippen LogP contribution in [0.4, 0.5) is 5.69 Å². The van der Waals surface area contributed by atoms with Crippen LogP contribution in [-0.2, 0) is 0 Å². The fourth-order valence-electron chi connectivity index (χ4n) is 2.04. The average molecular weight is 282 g/mol. The molecule has 0 aliphatic carbocycles. The number of H-pyrrole nitrogens is 1. The fourth-order valence-corrected chi connectivity index (χ4v) is 2.34. The lowest BCUT2D eigenvalue weighted by molar-refractivity contribution is 0.389. The van der Waals surface area contributed by atoms with Crippen LogP contribution in [0.1, 0.15) is 16.8 Å². The molecule has 0 saturated heterocycles. The zero-order valence-electron chi connectivity index (χ0n) is 10.6. The van der Waals surface area contributed by atoms with Gasteiger partial charge < -0.3 is 4.98 Å². The van der Waals surface area contributed by atoms with Crippen molar-refractivity contribution in [3.63, 3.8) is 0 Å². The Hall–Kier alpha value is -2.67. The highest BCUT2D eigenvalue weighted by molar-refractivity contribution is 7.71. The van der Waals surface area contributed by atoms with Crippen molar-refractivity contribution < 1.29 is 5.21 Å². The largest absolute Gasteiger partial charge is 0.348 e. The number of hydrogen-bond acceptors (Lipinski definition) is 5. The van der Waals surface area contributed by atoms with Crippen LogP contribution >= 0.6 is 12.2 Å². The molecule has 0 aliphatic heterocycles. The van der Waals surface area contributed by atoms with E-state index < -0.39 is 0 Å². The van der Waals surface area contributed by atoms with E-state index in [1.54, 1.807) is 31.2 Å². The normalized spacial score (nSPS) is 9.60. The Bertz CT molecular complexity index is 811. The SMILES string of the molecule is Cc1[nH]c(=S)c(C#N)c(-c2ccccc2NO)c1C#N. The molecular weight excluding hydrogens is 272 g/mol. The van der Waals surface area contributed by atoms with Gasteiger partial charge in [0.15, 0.2) is 0 Å². The van der Waals surface area contributed by atoms with Crippen LogP contribution in [0.2, 0.25) is 0 Å². The molecule has 0 radical (unpaired) electrons. The van der Waals surface area contributed by atoms with E-state index in [0.717, 1.165) is 0 Å². The molecule has 2 aromatic rings. The molecule has 20 heavy (non-hydrogen) atoms. The molecule has 5 nitrogen and oxygen atoms in total. The van der Waals surface area contributed by atoms with Crippen molar-refractivity contribution in [2.24, 2.45) is 0 Å². The first-order valence-electron chi connectivity index (χ1n) is 5.70. The summed E-state index contributed by atoms with van der Waals surface area (Å²) >= 11 is 5.14. The first kappa shape index (κ1) is 13.8. The van der Waals surface area contributed by atoms with Crippen molar-refractivity contribution in [2.75, 3.05) is 5.48 Å². The van der Waals surface area contributed by atoms with Gasteiger partial charge in [0.25, 0.3) is 0 Å². The minimum Gasteiger partial charge on any atom is -0.348 e. The lowest BCUT2D eigenvalue weighted by Gasteiger charge is -2.13. The average Bonchev–Trinajstić information content (AvgIpc) is 2.46. The summed E-state index contributed by atoms with van der Waals surface area (Å²) in [4.78, 5) is 2.84. The van der Waals surface area contributed by atoms with Crippen LogP contribution in [0, 0.1) is 34.2 Å². The van der Waals surface area contributed by atoms with Gasteiger partial charge in [-0.3, -0.25) is 10.7 Å². The monoisotopic (exact) mass is 282 g/mol. The maximum Gasteiger partial charge on any atom is 0.122 e. The maximum atomic E-state index is 9.34. The van der Waals surface area contributed by atoms with Crippen molar-refractivity contribution in [1.29, 1.82) is 10.5 Å². The number of aromatic amines is 1. The number of benzene rings is 1. The smallest absolute Gasteiger partial charge is 0.122 e. The summed E-state index contributed by atoms with van der Waals surface area (Å²) in [6.07, 6.45) is 0. The van der Waals surface area contributed by atoms with E-state index >= 15 is 0 Å². The Balaban J connectivity index is 2.97. The topological polar surface area (TPSA) is 95.6 Å². The van der Waals surface area contributed by atoms with Gasteiger partial charge in [-0.2, -0.15) is 10.5 Å². The molecule has 0 fully saturated rings. The highest BCUT2D eigenvalue weighted by Crippen LogP contribution is 2.34. The quantitative estimate of drug-likeness (QED) is 0.580. The predicted molar refractivity (Wildman–Crippen MR) is 76.6 cm³/mol. The second-order valence-corrected chi connectivity index (χ2v) is 4.49. The van der Waals surface area contributed by atoms with Gasteiger partial charge in [0.05, 0.1) is 16.8 Å². The van der Waals surface area contributed by atoms with E-state index in [4.69, 9.17) is 12.2 Å². The van der Waals surface area contributed by atoms with E-state index in [-0.39, 0.29) is 10.2 Å². The second kappa shape index (κ2) is 5.54. The molecule has 6 heteroatoms. The number of para-hydroxylation sites is 1. The van der Waals surface area contributed by atoms with E-state index in [0.29, 0.717) is 28.1 Å². The standard InChI is InChI=1S/C14H10N4OS/c1-8-10(6-15)13(11(7-16)14(20)17-8)9-4-2-3-5-12(9)18-19/h2-5,18-19H,1H3,(H,17,20). The third-order valence-electron chi connectivity index (χ3n) is 2.94. The molecule has 0 bridgehead atoms. The van der Waals surface area contributed by atoms with Crippen LogP contribution in [0.15, 0.2) is 24.3 Å². The van der Waals surface area contributed by atoms with Crippen molar-refractivity contribution in [3.8, 4) is 23.3 Å². The number of aromatic nitrogens is 1.